The molecule has 1 aliphatic rings. The van der Waals surface area contributed by atoms with Crippen molar-refractivity contribution in [1.82, 2.24) is 14.6 Å². The highest BCUT2D eigenvalue weighted by molar-refractivity contribution is 7.51. The van der Waals surface area contributed by atoms with E-state index in [4.69, 9.17) is 24.1 Å². The SMILES string of the molecule is CCOP(=O)(NC(C(=O)OC)C(C)C)OC[C@H]1O[C@@H](n2cc(C)c(=O)[nH]c2=O)C[C@@H]1N=[N+]=[N-]. The van der Waals surface area contributed by atoms with Crippen LogP contribution in [0.3, 0.4) is 0 Å². The number of rotatable bonds is 11. The topological polar surface area (TPSA) is 187 Å². The van der Waals surface area contributed by atoms with E-state index in [0.29, 0.717) is 5.56 Å². The van der Waals surface area contributed by atoms with Crippen LogP contribution in [0, 0.1) is 12.8 Å². The van der Waals surface area contributed by atoms with Gasteiger partial charge in [-0.05, 0) is 25.3 Å². The average Bonchev–Trinajstić information content (AvgIpc) is 3.15. The molecule has 0 saturated carbocycles. The number of ether oxygens (including phenoxy) is 2. The van der Waals surface area contributed by atoms with Gasteiger partial charge in [-0.2, -0.15) is 0 Å². The van der Waals surface area contributed by atoms with Crippen molar-refractivity contribution >= 4 is 13.7 Å². The van der Waals surface area contributed by atoms with Crippen molar-refractivity contribution in [2.75, 3.05) is 20.3 Å². The Morgan fingerprint density at radius 1 is 1.45 bits per heavy atom. The number of aryl methyl sites for hydroxylation is 1. The predicted octanol–water partition coefficient (Wildman–Crippen LogP) is 1.76. The number of hydrogen-bond acceptors (Lipinski definition) is 9. The molecular formula is C18H29N6O8P. The van der Waals surface area contributed by atoms with E-state index in [2.05, 4.69) is 20.1 Å². The number of azide groups is 1. The van der Waals surface area contributed by atoms with Crippen LogP contribution in [0.5, 0.6) is 0 Å². The van der Waals surface area contributed by atoms with E-state index >= 15 is 0 Å². The van der Waals surface area contributed by atoms with Crippen LogP contribution in [-0.4, -0.2) is 54.0 Å². The maximum absolute atomic E-state index is 13.2. The summed E-state index contributed by atoms with van der Waals surface area (Å²) in [6, 6.07) is -1.71. The number of aromatic amines is 1. The second-order valence-electron chi connectivity index (χ2n) is 7.70. The Bertz CT molecular complexity index is 1050. The molecular weight excluding hydrogens is 459 g/mol. The van der Waals surface area contributed by atoms with E-state index < -0.39 is 49.4 Å². The van der Waals surface area contributed by atoms with Gasteiger partial charge >= 0.3 is 19.4 Å². The molecule has 1 aromatic heterocycles. The molecule has 0 radical (unpaired) electrons. The van der Waals surface area contributed by atoms with Gasteiger partial charge in [-0.3, -0.25) is 28.2 Å². The molecule has 0 aromatic carbocycles. The van der Waals surface area contributed by atoms with Gasteiger partial charge < -0.3 is 9.47 Å². The molecule has 1 aliphatic heterocycles. The van der Waals surface area contributed by atoms with Gasteiger partial charge in [0.15, 0.2) is 0 Å². The third-order valence-electron chi connectivity index (χ3n) is 4.99. The fourth-order valence-electron chi connectivity index (χ4n) is 3.25. The number of aromatic nitrogens is 2. The molecule has 14 nitrogen and oxygen atoms in total. The van der Waals surface area contributed by atoms with E-state index in [1.165, 1.54) is 24.8 Å². The van der Waals surface area contributed by atoms with Crippen LogP contribution in [0.25, 0.3) is 10.4 Å². The summed E-state index contributed by atoms with van der Waals surface area (Å²) in [7, 11) is -2.78. The van der Waals surface area contributed by atoms with Crippen molar-refractivity contribution in [3.05, 3.63) is 43.0 Å². The van der Waals surface area contributed by atoms with E-state index in [1.807, 2.05) is 0 Å². The summed E-state index contributed by atoms with van der Waals surface area (Å²) in [4.78, 5) is 40.9. The minimum Gasteiger partial charge on any atom is -0.468 e. The average molecular weight is 488 g/mol. The van der Waals surface area contributed by atoms with Gasteiger partial charge in [0.25, 0.3) is 5.56 Å². The summed E-state index contributed by atoms with van der Waals surface area (Å²) in [6.45, 7) is 6.31. The molecule has 2 N–H and O–H groups in total. The molecule has 0 spiro atoms. The zero-order valence-corrected chi connectivity index (χ0v) is 20.0. The quantitative estimate of drug-likeness (QED) is 0.154. The summed E-state index contributed by atoms with van der Waals surface area (Å²) >= 11 is 0. The summed E-state index contributed by atoms with van der Waals surface area (Å²) in [5.74, 6) is -0.918. The Morgan fingerprint density at radius 2 is 2.15 bits per heavy atom. The molecule has 1 fully saturated rings. The van der Waals surface area contributed by atoms with Crippen molar-refractivity contribution in [3.8, 4) is 0 Å². The summed E-state index contributed by atoms with van der Waals surface area (Å²) < 4.78 is 35.8. The number of carbonyl (C=O) groups is 1. The highest BCUT2D eigenvalue weighted by Crippen LogP contribution is 2.46. The minimum absolute atomic E-state index is 0.0240. The Morgan fingerprint density at radius 3 is 2.73 bits per heavy atom. The third-order valence-corrected chi connectivity index (χ3v) is 6.67. The monoisotopic (exact) mass is 488 g/mol. The number of H-pyrrole nitrogens is 1. The van der Waals surface area contributed by atoms with Crippen molar-refractivity contribution in [3.63, 3.8) is 0 Å². The van der Waals surface area contributed by atoms with E-state index in [1.54, 1.807) is 20.8 Å². The molecule has 33 heavy (non-hydrogen) atoms. The van der Waals surface area contributed by atoms with Crippen LogP contribution >= 0.6 is 7.75 Å². The lowest BCUT2D eigenvalue weighted by Crippen LogP contribution is -2.41. The van der Waals surface area contributed by atoms with Crippen LogP contribution in [-0.2, 0) is 27.9 Å². The highest BCUT2D eigenvalue weighted by Gasteiger charge is 2.40. The zero-order valence-electron chi connectivity index (χ0n) is 19.1. The summed E-state index contributed by atoms with van der Waals surface area (Å²) in [6.07, 6.45) is -0.267. The van der Waals surface area contributed by atoms with E-state index in [9.17, 15) is 18.9 Å². The molecule has 2 heterocycles. The van der Waals surface area contributed by atoms with Crippen LogP contribution in [0.4, 0.5) is 0 Å². The smallest absolute Gasteiger partial charge is 0.406 e. The molecule has 15 heteroatoms. The van der Waals surface area contributed by atoms with Gasteiger partial charge in [-0.25, -0.2) is 14.4 Å². The molecule has 1 aromatic rings. The van der Waals surface area contributed by atoms with Gasteiger partial charge in [0.05, 0.1) is 32.5 Å². The van der Waals surface area contributed by atoms with Crippen LogP contribution in [0.1, 0.15) is 39.0 Å². The van der Waals surface area contributed by atoms with E-state index in [-0.39, 0.29) is 25.6 Å². The first-order chi connectivity index (χ1) is 15.5. The van der Waals surface area contributed by atoms with Crippen LogP contribution in [0.2, 0.25) is 0 Å². The lowest BCUT2D eigenvalue weighted by atomic mass is 10.1. The zero-order chi connectivity index (χ0) is 24.8. The fraction of sp³-hybridized carbons (Fsp3) is 0.722. The van der Waals surface area contributed by atoms with Crippen molar-refractivity contribution in [1.29, 1.82) is 0 Å². The van der Waals surface area contributed by atoms with Crippen molar-refractivity contribution < 1.29 is 27.9 Å². The predicted molar refractivity (Wildman–Crippen MR) is 116 cm³/mol. The van der Waals surface area contributed by atoms with Gasteiger partial charge in [0, 0.05) is 23.1 Å². The fourth-order valence-corrected chi connectivity index (χ4v) is 4.90. The normalized spacial score (nSPS) is 23.0. The lowest BCUT2D eigenvalue weighted by molar-refractivity contribution is -0.143. The van der Waals surface area contributed by atoms with Gasteiger partial charge in [-0.15, -0.1) is 0 Å². The number of methoxy groups -OCH3 is 1. The third kappa shape index (κ3) is 6.76. The van der Waals surface area contributed by atoms with Gasteiger partial charge in [0.2, 0.25) is 0 Å². The van der Waals surface area contributed by atoms with Crippen molar-refractivity contribution in [2.45, 2.75) is 58.5 Å². The Balaban J connectivity index is 2.22. The van der Waals surface area contributed by atoms with E-state index in [0.717, 1.165) is 0 Å². The van der Waals surface area contributed by atoms with Crippen LogP contribution in [0.15, 0.2) is 20.9 Å². The Hall–Kier alpha value is -2.47. The maximum atomic E-state index is 13.2. The second-order valence-corrected chi connectivity index (χ2v) is 9.47. The first-order valence-electron chi connectivity index (χ1n) is 10.3. The number of esters is 1. The molecule has 0 amide bonds. The minimum atomic E-state index is -3.99. The molecule has 2 unspecified atom stereocenters. The number of hydrogen-bond donors (Lipinski definition) is 2. The second kappa shape index (κ2) is 11.6. The largest absolute Gasteiger partial charge is 0.468 e. The first-order valence-corrected chi connectivity index (χ1v) is 11.9. The number of nitrogens with one attached hydrogen (secondary N) is 2. The molecule has 184 valence electrons. The highest BCUT2D eigenvalue weighted by atomic mass is 31.2. The molecule has 5 atom stereocenters. The maximum Gasteiger partial charge on any atom is 0.406 e. The van der Waals surface area contributed by atoms with Crippen LogP contribution < -0.4 is 16.3 Å². The lowest BCUT2D eigenvalue weighted by Gasteiger charge is -2.27. The van der Waals surface area contributed by atoms with Gasteiger partial charge in [-0.1, -0.05) is 19.0 Å². The molecule has 0 bridgehead atoms. The summed E-state index contributed by atoms with van der Waals surface area (Å²) in [5.41, 5.74) is 8.01. The summed E-state index contributed by atoms with van der Waals surface area (Å²) in [5, 5.41) is 6.29. The molecule has 0 aliphatic carbocycles. The van der Waals surface area contributed by atoms with Gasteiger partial charge in [0.1, 0.15) is 12.3 Å². The van der Waals surface area contributed by atoms with Crippen molar-refractivity contribution in [2.24, 2.45) is 11.0 Å². The Labute approximate surface area is 189 Å². The first kappa shape index (κ1) is 26.8. The standard InChI is InChI=1S/C18H29N6O8P/c1-6-30-33(28,22-15(10(2)3)17(26)29-5)31-9-13-12(21-23-19)7-14(32-13)24-8-11(4)16(25)20-18(24)27/h8,10,12-15H,6-7,9H2,1-5H3,(H,22,28)(H,20,25,27)/t12-,13+,14+,15?,33?/m0/s1. The number of carbonyl (C=O) groups excluding carboxylic acids is 1. The molecule has 1 saturated heterocycles. The molecule has 2 rings (SSSR count). The Kier molecular flexibility index (Phi) is 9.41. The number of nitrogens with zero attached hydrogens (tertiary/aromatic N) is 4.